The van der Waals surface area contributed by atoms with Crippen molar-refractivity contribution in [3.8, 4) is 11.8 Å². The molecule has 0 aliphatic carbocycles. The van der Waals surface area contributed by atoms with Crippen molar-refractivity contribution in [3.63, 3.8) is 0 Å². The third kappa shape index (κ3) is 4.92. The molecule has 2 aromatic rings. The lowest BCUT2D eigenvalue weighted by molar-refractivity contribution is -0.112. The van der Waals surface area contributed by atoms with Crippen LogP contribution in [-0.2, 0) is 4.79 Å². The summed E-state index contributed by atoms with van der Waals surface area (Å²) in [5.41, 5.74) is 3.65. The van der Waals surface area contributed by atoms with E-state index in [1.807, 2.05) is 12.1 Å². The van der Waals surface area contributed by atoms with Gasteiger partial charge in [0.1, 0.15) is 17.4 Å². The number of methoxy groups -OCH3 is 1. The van der Waals surface area contributed by atoms with Gasteiger partial charge in [-0.25, -0.2) is 0 Å². The number of amides is 1. The lowest BCUT2D eigenvalue weighted by Gasteiger charge is -2.47. The van der Waals surface area contributed by atoms with Crippen LogP contribution in [0, 0.1) is 11.3 Å². The van der Waals surface area contributed by atoms with Crippen LogP contribution in [-0.4, -0.2) is 25.1 Å². The van der Waals surface area contributed by atoms with Crippen molar-refractivity contribution >= 4 is 35.0 Å². The second kappa shape index (κ2) is 9.67. The van der Waals surface area contributed by atoms with E-state index in [-0.39, 0.29) is 11.1 Å². The fourth-order valence-electron chi connectivity index (χ4n) is 4.53. The third-order valence-corrected chi connectivity index (χ3v) is 6.17. The molecule has 1 amide bonds. The van der Waals surface area contributed by atoms with Crippen molar-refractivity contribution in [1.82, 2.24) is 0 Å². The van der Waals surface area contributed by atoms with Gasteiger partial charge in [-0.1, -0.05) is 31.5 Å². The van der Waals surface area contributed by atoms with Crippen molar-refractivity contribution in [2.45, 2.75) is 52.0 Å². The second-order valence-electron chi connectivity index (χ2n) is 8.86. The van der Waals surface area contributed by atoms with Gasteiger partial charge in [-0.15, -0.1) is 0 Å². The fraction of sp³-hybridized carbons (Fsp3) is 0.385. The normalized spacial score (nSPS) is 17.3. The zero-order chi connectivity index (χ0) is 23.5. The Morgan fingerprint density at radius 1 is 1.38 bits per heavy atom. The molecule has 1 aliphatic heterocycles. The highest BCUT2D eigenvalue weighted by Crippen LogP contribution is 2.46. The quantitative estimate of drug-likeness (QED) is 0.407. The molecule has 1 heterocycles. The van der Waals surface area contributed by atoms with Gasteiger partial charge in [0, 0.05) is 40.1 Å². The minimum absolute atomic E-state index is 0.00238. The summed E-state index contributed by atoms with van der Waals surface area (Å²) >= 11 is 5.99. The summed E-state index contributed by atoms with van der Waals surface area (Å²) < 4.78 is 5.67. The minimum atomic E-state index is -0.490. The summed E-state index contributed by atoms with van der Waals surface area (Å²) in [5.74, 6) is 0.492. The standard InChI is InChI=1S/C26H30ClN3O2/c1-6-10-30-23-14-24(32-5)18(12-22(23)17(2)15-26(30,3)4)11-19(16-28)25(31)29-21-9-7-8-20(27)13-21/h7-9,11-14,17H,6,10,15H2,1-5H3,(H,29,31)/b19-11+. The van der Waals surface area contributed by atoms with E-state index >= 15 is 0 Å². The zero-order valence-corrected chi connectivity index (χ0v) is 20.1. The molecule has 1 N–H and O–H groups in total. The molecule has 168 valence electrons. The molecule has 1 aliphatic rings. The predicted molar refractivity (Wildman–Crippen MR) is 131 cm³/mol. The third-order valence-electron chi connectivity index (χ3n) is 5.93. The van der Waals surface area contributed by atoms with Crippen LogP contribution in [0.3, 0.4) is 0 Å². The molecule has 0 saturated carbocycles. The Morgan fingerprint density at radius 2 is 2.12 bits per heavy atom. The zero-order valence-electron chi connectivity index (χ0n) is 19.3. The van der Waals surface area contributed by atoms with Gasteiger partial charge >= 0.3 is 0 Å². The average molecular weight is 452 g/mol. The van der Waals surface area contributed by atoms with Gasteiger partial charge in [-0.2, -0.15) is 5.26 Å². The maximum atomic E-state index is 12.7. The van der Waals surface area contributed by atoms with Crippen molar-refractivity contribution in [1.29, 1.82) is 5.26 Å². The number of rotatable bonds is 6. The molecule has 1 atom stereocenters. The van der Waals surface area contributed by atoms with Crippen LogP contribution >= 0.6 is 11.6 Å². The van der Waals surface area contributed by atoms with E-state index in [1.54, 1.807) is 37.5 Å². The molecular formula is C26H30ClN3O2. The van der Waals surface area contributed by atoms with Crippen LogP contribution in [0.1, 0.15) is 57.6 Å². The van der Waals surface area contributed by atoms with Gasteiger partial charge in [0.25, 0.3) is 5.91 Å². The molecule has 32 heavy (non-hydrogen) atoms. The number of halogens is 1. The Bertz CT molecular complexity index is 1080. The number of hydrogen-bond acceptors (Lipinski definition) is 4. The van der Waals surface area contributed by atoms with E-state index in [1.165, 1.54) is 5.56 Å². The average Bonchev–Trinajstić information content (AvgIpc) is 2.74. The fourth-order valence-corrected chi connectivity index (χ4v) is 4.72. The van der Waals surface area contributed by atoms with E-state index in [9.17, 15) is 10.1 Å². The number of carbonyl (C=O) groups is 1. The van der Waals surface area contributed by atoms with Crippen LogP contribution in [0.4, 0.5) is 11.4 Å². The van der Waals surface area contributed by atoms with E-state index in [0.717, 1.165) is 25.1 Å². The maximum absolute atomic E-state index is 12.7. The molecule has 0 bridgehead atoms. The molecule has 3 rings (SSSR count). The lowest BCUT2D eigenvalue weighted by Crippen LogP contribution is -2.48. The molecule has 0 aromatic heterocycles. The Balaban J connectivity index is 2.02. The van der Waals surface area contributed by atoms with Crippen molar-refractivity contribution in [2.75, 3.05) is 23.9 Å². The number of ether oxygens (including phenoxy) is 1. The Labute approximate surface area is 195 Å². The molecule has 2 aromatic carbocycles. The van der Waals surface area contributed by atoms with Crippen molar-refractivity contribution < 1.29 is 9.53 Å². The molecule has 0 saturated heterocycles. The SMILES string of the molecule is CCCN1c2cc(OC)c(/C=C(\C#N)C(=O)Nc3cccc(Cl)c3)cc2C(C)CC1(C)C. The van der Waals surface area contributed by atoms with Gasteiger partial charge in [-0.3, -0.25) is 4.79 Å². The number of nitrogens with one attached hydrogen (secondary N) is 1. The van der Waals surface area contributed by atoms with Crippen LogP contribution < -0.4 is 15.0 Å². The first-order valence-corrected chi connectivity index (χ1v) is 11.3. The van der Waals surface area contributed by atoms with Gasteiger partial charge in [0.05, 0.1) is 7.11 Å². The first-order chi connectivity index (χ1) is 15.2. The van der Waals surface area contributed by atoms with Gasteiger partial charge in [0.2, 0.25) is 0 Å². The number of carbonyl (C=O) groups excluding carboxylic acids is 1. The predicted octanol–water partition coefficient (Wildman–Crippen LogP) is 6.40. The van der Waals surface area contributed by atoms with Crippen molar-refractivity contribution in [2.24, 2.45) is 0 Å². The Hall–Kier alpha value is -2.97. The van der Waals surface area contributed by atoms with Gasteiger partial charge < -0.3 is 15.0 Å². The summed E-state index contributed by atoms with van der Waals surface area (Å²) in [6.07, 6.45) is 3.66. The van der Waals surface area contributed by atoms with Gasteiger partial charge in [-0.05, 0) is 68.5 Å². The van der Waals surface area contributed by atoms with Crippen LogP contribution in [0.25, 0.3) is 6.08 Å². The molecule has 5 nitrogen and oxygen atoms in total. The first kappa shape index (κ1) is 23.7. The number of nitrogens with zero attached hydrogens (tertiary/aromatic N) is 2. The lowest BCUT2D eigenvalue weighted by atomic mass is 9.79. The molecule has 6 heteroatoms. The van der Waals surface area contributed by atoms with E-state index in [2.05, 4.69) is 44.0 Å². The number of nitriles is 1. The largest absolute Gasteiger partial charge is 0.496 e. The van der Waals surface area contributed by atoms with Crippen molar-refractivity contribution in [3.05, 3.63) is 58.1 Å². The number of benzene rings is 2. The first-order valence-electron chi connectivity index (χ1n) is 10.9. The smallest absolute Gasteiger partial charge is 0.266 e. The Morgan fingerprint density at radius 3 is 2.75 bits per heavy atom. The number of hydrogen-bond donors (Lipinski definition) is 1. The highest BCUT2D eigenvalue weighted by atomic mass is 35.5. The molecule has 1 unspecified atom stereocenters. The van der Waals surface area contributed by atoms with E-state index in [4.69, 9.17) is 16.3 Å². The van der Waals surface area contributed by atoms with E-state index < -0.39 is 5.91 Å². The molecule has 0 fully saturated rings. The summed E-state index contributed by atoms with van der Waals surface area (Å²) in [5, 5.41) is 12.9. The molecule has 0 radical (unpaired) electrons. The van der Waals surface area contributed by atoms with E-state index in [0.29, 0.717) is 27.9 Å². The second-order valence-corrected chi connectivity index (χ2v) is 9.29. The summed E-state index contributed by atoms with van der Waals surface area (Å²) in [6, 6.07) is 12.9. The summed E-state index contributed by atoms with van der Waals surface area (Å²) in [7, 11) is 1.61. The van der Waals surface area contributed by atoms with Crippen LogP contribution in [0.2, 0.25) is 5.02 Å². The Kier molecular flexibility index (Phi) is 7.16. The summed E-state index contributed by atoms with van der Waals surface area (Å²) in [4.78, 5) is 15.2. The molecular weight excluding hydrogens is 422 g/mol. The van der Waals surface area contributed by atoms with Crippen LogP contribution in [0.15, 0.2) is 42.0 Å². The number of anilines is 2. The monoisotopic (exact) mass is 451 g/mol. The summed E-state index contributed by atoms with van der Waals surface area (Å²) in [6.45, 7) is 9.91. The maximum Gasteiger partial charge on any atom is 0.266 e. The highest BCUT2D eigenvalue weighted by molar-refractivity contribution is 6.31. The van der Waals surface area contributed by atoms with Gasteiger partial charge in [0.15, 0.2) is 0 Å². The van der Waals surface area contributed by atoms with Crippen LogP contribution in [0.5, 0.6) is 5.75 Å². The molecule has 0 spiro atoms. The topological polar surface area (TPSA) is 65.4 Å². The highest BCUT2D eigenvalue weighted by Gasteiger charge is 2.36. The minimum Gasteiger partial charge on any atom is -0.496 e. The number of fused-ring (bicyclic) bond motifs is 1.